The van der Waals surface area contributed by atoms with Crippen LogP contribution in [0.2, 0.25) is 0 Å². The average molecular weight is 346 g/mol. The molecule has 2 aromatic heterocycles. The van der Waals surface area contributed by atoms with Crippen LogP contribution in [0.25, 0.3) is 10.2 Å². The van der Waals surface area contributed by atoms with Crippen molar-refractivity contribution in [2.75, 3.05) is 6.61 Å². The predicted molar refractivity (Wildman–Crippen MR) is 91.5 cm³/mol. The second-order valence-corrected chi connectivity index (χ2v) is 6.80. The zero-order valence-electron chi connectivity index (χ0n) is 12.6. The summed E-state index contributed by atoms with van der Waals surface area (Å²) in [7, 11) is 0. The van der Waals surface area contributed by atoms with Gasteiger partial charge < -0.3 is 9.72 Å². The first-order valence-corrected chi connectivity index (χ1v) is 8.67. The van der Waals surface area contributed by atoms with Crippen molar-refractivity contribution < 1.29 is 9.53 Å². The van der Waals surface area contributed by atoms with Gasteiger partial charge in [0, 0.05) is 4.90 Å². The lowest BCUT2D eigenvalue weighted by molar-refractivity contribution is 0.0531. The van der Waals surface area contributed by atoms with Crippen LogP contribution in [0.1, 0.15) is 22.2 Å². The Hall–Kier alpha value is -2.12. The summed E-state index contributed by atoms with van der Waals surface area (Å²) < 4.78 is 5.03. The number of fused-ring (bicyclic) bond motifs is 1. The van der Waals surface area contributed by atoms with E-state index in [0.29, 0.717) is 32.4 Å². The number of thiophene rings is 1. The van der Waals surface area contributed by atoms with E-state index >= 15 is 0 Å². The number of carbonyl (C=O) groups excluding carboxylic acids is 1. The Morgan fingerprint density at radius 1 is 1.35 bits per heavy atom. The lowest BCUT2D eigenvalue weighted by Crippen LogP contribution is -2.09. The summed E-state index contributed by atoms with van der Waals surface area (Å²) in [5, 5.41) is 0.959. The van der Waals surface area contributed by atoms with E-state index in [1.807, 2.05) is 30.3 Å². The maximum Gasteiger partial charge on any atom is 0.348 e. The molecule has 0 spiro atoms. The Morgan fingerprint density at radius 2 is 2.09 bits per heavy atom. The first-order valence-electron chi connectivity index (χ1n) is 7.03. The molecule has 0 amide bonds. The third kappa shape index (κ3) is 3.16. The van der Waals surface area contributed by atoms with Crippen LogP contribution in [-0.4, -0.2) is 22.5 Å². The zero-order valence-corrected chi connectivity index (χ0v) is 14.2. The first kappa shape index (κ1) is 15.8. The summed E-state index contributed by atoms with van der Waals surface area (Å²) in [6.07, 6.45) is 0. The number of esters is 1. The number of nitrogens with zero attached hydrogens (tertiary/aromatic N) is 1. The summed E-state index contributed by atoms with van der Waals surface area (Å²) in [5.74, 6) is -0.412. The maximum absolute atomic E-state index is 12.4. The van der Waals surface area contributed by atoms with E-state index in [1.54, 1.807) is 13.8 Å². The van der Waals surface area contributed by atoms with Crippen LogP contribution in [-0.2, 0) is 4.74 Å². The number of ether oxygens (including phenoxy) is 1. The van der Waals surface area contributed by atoms with Crippen LogP contribution in [0.4, 0.5) is 0 Å². The molecule has 1 aromatic carbocycles. The zero-order chi connectivity index (χ0) is 16.4. The topological polar surface area (TPSA) is 72.0 Å². The Labute approximate surface area is 140 Å². The van der Waals surface area contributed by atoms with Crippen molar-refractivity contribution >= 4 is 39.3 Å². The number of hydrogen-bond acceptors (Lipinski definition) is 6. The molecule has 3 aromatic rings. The van der Waals surface area contributed by atoms with Gasteiger partial charge in [0.25, 0.3) is 5.56 Å². The van der Waals surface area contributed by atoms with Crippen molar-refractivity contribution in [1.29, 1.82) is 0 Å². The smallest absolute Gasteiger partial charge is 0.348 e. The normalized spacial score (nSPS) is 10.9. The van der Waals surface area contributed by atoms with Gasteiger partial charge in [-0.2, -0.15) is 0 Å². The molecule has 0 aliphatic rings. The molecule has 0 radical (unpaired) electrons. The van der Waals surface area contributed by atoms with Crippen LogP contribution >= 0.6 is 23.1 Å². The molecular formula is C16H14N2O3S2. The van der Waals surface area contributed by atoms with Crippen molar-refractivity contribution in [2.45, 2.75) is 23.9 Å². The number of benzene rings is 1. The maximum atomic E-state index is 12.4. The van der Waals surface area contributed by atoms with Crippen molar-refractivity contribution in [3.8, 4) is 0 Å². The third-order valence-corrected chi connectivity index (χ3v) is 5.26. The predicted octanol–water partition coefficient (Wildman–Crippen LogP) is 3.62. The van der Waals surface area contributed by atoms with Gasteiger partial charge in [0.05, 0.1) is 12.0 Å². The molecular weight excluding hydrogens is 332 g/mol. The third-order valence-electron chi connectivity index (χ3n) is 3.20. The van der Waals surface area contributed by atoms with E-state index in [9.17, 15) is 9.59 Å². The van der Waals surface area contributed by atoms with Gasteiger partial charge in [-0.05, 0) is 31.5 Å². The minimum absolute atomic E-state index is 0.238. The fourth-order valence-electron chi connectivity index (χ4n) is 2.16. The summed E-state index contributed by atoms with van der Waals surface area (Å²) in [4.78, 5) is 33.5. The van der Waals surface area contributed by atoms with E-state index in [0.717, 1.165) is 4.90 Å². The lowest BCUT2D eigenvalue weighted by atomic mass is 10.2. The number of aromatic amines is 1. The number of aryl methyl sites for hydroxylation is 1. The fourth-order valence-corrected chi connectivity index (χ4v) is 4.09. The number of H-pyrrole nitrogens is 1. The molecule has 0 fully saturated rings. The number of carbonyl (C=O) groups is 1. The summed E-state index contributed by atoms with van der Waals surface area (Å²) in [6, 6.07) is 9.66. The monoisotopic (exact) mass is 346 g/mol. The van der Waals surface area contributed by atoms with Crippen LogP contribution in [0.15, 0.2) is 45.2 Å². The summed E-state index contributed by atoms with van der Waals surface area (Å²) >= 11 is 2.57. The van der Waals surface area contributed by atoms with Gasteiger partial charge in [-0.3, -0.25) is 4.79 Å². The number of aromatic nitrogens is 2. The molecule has 0 saturated heterocycles. The fraction of sp³-hybridized carbons (Fsp3) is 0.188. The molecule has 0 saturated carbocycles. The highest BCUT2D eigenvalue weighted by atomic mass is 32.2. The molecule has 5 nitrogen and oxygen atoms in total. The van der Waals surface area contributed by atoms with Crippen LogP contribution in [0.5, 0.6) is 0 Å². The van der Waals surface area contributed by atoms with Crippen LogP contribution < -0.4 is 5.56 Å². The molecule has 23 heavy (non-hydrogen) atoms. The van der Waals surface area contributed by atoms with E-state index < -0.39 is 5.97 Å². The van der Waals surface area contributed by atoms with Gasteiger partial charge in [-0.15, -0.1) is 11.3 Å². The van der Waals surface area contributed by atoms with Crippen LogP contribution in [0.3, 0.4) is 0 Å². The highest BCUT2D eigenvalue weighted by Gasteiger charge is 2.20. The highest BCUT2D eigenvalue weighted by molar-refractivity contribution is 7.99. The Morgan fingerprint density at radius 3 is 2.78 bits per heavy atom. The largest absolute Gasteiger partial charge is 0.462 e. The molecule has 2 heterocycles. The minimum atomic E-state index is -0.412. The quantitative estimate of drug-likeness (QED) is 0.577. The number of nitrogens with one attached hydrogen (secondary N) is 1. The van der Waals surface area contributed by atoms with E-state index in [-0.39, 0.29) is 5.56 Å². The summed E-state index contributed by atoms with van der Waals surface area (Å²) in [6.45, 7) is 3.79. The Bertz CT molecular complexity index is 916. The van der Waals surface area contributed by atoms with Gasteiger partial charge in [-0.25, -0.2) is 9.78 Å². The van der Waals surface area contributed by atoms with Crippen molar-refractivity contribution in [3.05, 3.63) is 51.1 Å². The van der Waals surface area contributed by atoms with Crippen LogP contribution in [0, 0.1) is 6.92 Å². The van der Waals surface area contributed by atoms with Crippen molar-refractivity contribution in [2.24, 2.45) is 0 Å². The Balaban J connectivity index is 2.05. The lowest BCUT2D eigenvalue weighted by Gasteiger charge is -2.00. The van der Waals surface area contributed by atoms with Gasteiger partial charge in [-0.1, -0.05) is 30.0 Å². The van der Waals surface area contributed by atoms with Gasteiger partial charge in [0.1, 0.15) is 9.71 Å². The molecule has 0 atom stereocenters. The second kappa shape index (κ2) is 6.55. The second-order valence-electron chi connectivity index (χ2n) is 4.74. The van der Waals surface area contributed by atoms with E-state index in [1.165, 1.54) is 23.1 Å². The molecule has 118 valence electrons. The van der Waals surface area contributed by atoms with Gasteiger partial charge >= 0.3 is 5.97 Å². The average Bonchev–Trinajstić information content (AvgIpc) is 2.86. The molecule has 0 aliphatic carbocycles. The van der Waals surface area contributed by atoms with Crippen molar-refractivity contribution in [1.82, 2.24) is 9.97 Å². The van der Waals surface area contributed by atoms with Crippen molar-refractivity contribution in [3.63, 3.8) is 0 Å². The van der Waals surface area contributed by atoms with E-state index in [2.05, 4.69) is 9.97 Å². The number of rotatable bonds is 4. The molecule has 1 N–H and O–H groups in total. The van der Waals surface area contributed by atoms with Gasteiger partial charge in [0.2, 0.25) is 0 Å². The Kier molecular flexibility index (Phi) is 4.49. The molecule has 0 unspecified atom stereocenters. The summed E-state index contributed by atoms with van der Waals surface area (Å²) in [5.41, 5.74) is 0.381. The molecule has 0 aliphatic heterocycles. The highest BCUT2D eigenvalue weighted by Crippen LogP contribution is 2.30. The molecule has 3 rings (SSSR count). The first-order chi connectivity index (χ1) is 11.1. The SMILES string of the molecule is CCOC(=O)c1sc2nc(Sc3ccccc3)[nH]c(=O)c2c1C. The molecule has 0 bridgehead atoms. The number of hydrogen-bond donors (Lipinski definition) is 1. The standard InChI is InChI=1S/C16H14N2O3S2/c1-3-21-15(20)12-9(2)11-13(19)17-16(18-14(11)23-12)22-10-7-5-4-6-8-10/h4-8H,3H2,1-2H3,(H,17,18,19). The van der Waals surface area contributed by atoms with E-state index in [4.69, 9.17) is 4.74 Å². The molecule has 7 heteroatoms. The van der Waals surface area contributed by atoms with Gasteiger partial charge in [0.15, 0.2) is 5.16 Å². The minimum Gasteiger partial charge on any atom is -0.462 e.